The van der Waals surface area contributed by atoms with Crippen molar-refractivity contribution < 1.29 is 38.6 Å². The number of ketones is 1. The molecule has 0 saturated carbocycles. The predicted octanol–water partition coefficient (Wildman–Crippen LogP) is 6.44. The van der Waals surface area contributed by atoms with E-state index in [2.05, 4.69) is 10.6 Å². The van der Waals surface area contributed by atoms with Gasteiger partial charge < -0.3 is 30.9 Å². The zero-order chi connectivity index (χ0) is 39.1. The van der Waals surface area contributed by atoms with Crippen LogP contribution in [-0.2, 0) is 48.1 Å². The molecule has 0 aliphatic rings. The molecule has 3 atom stereocenters. The summed E-state index contributed by atoms with van der Waals surface area (Å²) in [7, 11) is 0. The number of primary amides is 1. The molecule has 0 bridgehead atoms. The molecule has 11 nitrogen and oxygen atoms in total. The molecule has 3 aromatic carbocycles. The van der Waals surface area contributed by atoms with Gasteiger partial charge in [-0.25, -0.2) is 4.79 Å². The number of nitrogens with one attached hydrogen (secondary N) is 2. The second kappa shape index (κ2) is 20.4. The van der Waals surface area contributed by atoms with Gasteiger partial charge in [0.15, 0.2) is 5.78 Å². The lowest BCUT2D eigenvalue weighted by atomic mass is 9.88. The Bertz CT molecular complexity index is 1700. The van der Waals surface area contributed by atoms with Crippen LogP contribution in [0, 0.1) is 25.7 Å². The van der Waals surface area contributed by atoms with E-state index >= 15 is 0 Å². The minimum absolute atomic E-state index is 0.00573. The Kier molecular flexibility index (Phi) is 16.3. The van der Waals surface area contributed by atoms with Crippen molar-refractivity contribution in [2.75, 3.05) is 6.54 Å². The van der Waals surface area contributed by atoms with Crippen molar-refractivity contribution in [1.29, 1.82) is 0 Å². The number of esters is 1. The van der Waals surface area contributed by atoms with Crippen LogP contribution in [-0.4, -0.2) is 53.0 Å². The molecule has 3 rings (SSSR count). The second-order valence-electron chi connectivity index (χ2n) is 14.4. The summed E-state index contributed by atoms with van der Waals surface area (Å²) in [5, 5.41) is 16.2. The number of halogens is 1. The summed E-state index contributed by atoms with van der Waals surface area (Å²) in [5.41, 5.74) is 8.77. The van der Waals surface area contributed by atoms with Gasteiger partial charge >= 0.3 is 12.1 Å². The van der Waals surface area contributed by atoms with Crippen molar-refractivity contribution in [1.82, 2.24) is 10.6 Å². The van der Waals surface area contributed by atoms with E-state index < -0.39 is 47.4 Å². The second-order valence-corrected chi connectivity index (χ2v) is 14.8. The van der Waals surface area contributed by atoms with Crippen LogP contribution in [0.15, 0.2) is 66.7 Å². The Morgan fingerprint density at radius 2 is 1.51 bits per heavy atom. The summed E-state index contributed by atoms with van der Waals surface area (Å²) in [6.07, 6.45) is 0.419. The molecule has 3 amide bonds. The Balaban J connectivity index is 1.76. The monoisotopic (exact) mass is 749 g/mol. The number of amides is 3. The highest BCUT2D eigenvalue weighted by molar-refractivity contribution is 6.31. The number of hydrogen-bond donors (Lipinski definition) is 4. The van der Waals surface area contributed by atoms with E-state index in [0.29, 0.717) is 23.4 Å². The number of hydrogen-bond acceptors (Lipinski definition) is 8. The highest BCUT2D eigenvalue weighted by Gasteiger charge is 2.32. The van der Waals surface area contributed by atoms with Gasteiger partial charge in [0.2, 0.25) is 11.8 Å². The van der Waals surface area contributed by atoms with Gasteiger partial charge in [-0.1, -0.05) is 60.1 Å². The fourth-order valence-electron chi connectivity index (χ4n) is 6.01. The number of ether oxygens (including phenoxy) is 2. The first-order valence-corrected chi connectivity index (χ1v) is 18.2. The van der Waals surface area contributed by atoms with Crippen LogP contribution in [0.2, 0.25) is 5.02 Å². The van der Waals surface area contributed by atoms with Crippen molar-refractivity contribution in [2.24, 2.45) is 17.6 Å². The van der Waals surface area contributed by atoms with Gasteiger partial charge in [0.25, 0.3) is 0 Å². The van der Waals surface area contributed by atoms with Crippen molar-refractivity contribution in [3.05, 3.63) is 99.6 Å². The van der Waals surface area contributed by atoms with Crippen LogP contribution < -0.4 is 16.4 Å². The quantitative estimate of drug-likeness (QED) is 0.0801. The number of benzene rings is 3. The molecule has 0 aliphatic carbocycles. The standard InChI is InChI=1S/C41H52ClN3O8/c1-26-19-32(46)20-27(2)33(26)22-31(24-37(48)53-41(3,4)5)39(50)45-35(36(47)23-30(38(43)49)21-28-13-7-6-8-14-28)17-11-12-18-44-40(51)52-25-29-15-9-10-16-34(29)42/h6-10,13-16,19-20,30-31,35,46H,11-12,17-18,21-25H2,1-5H3,(H2,43,49)(H,44,51)(H,45,50)/t30?,31?,35-/m0/s1. The molecule has 286 valence electrons. The number of carbonyl (C=O) groups is 5. The van der Waals surface area contributed by atoms with Gasteiger partial charge in [0.05, 0.1) is 18.4 Å². The first kappa shape index (κ1) is 42.5. The number of alkyl carbamates (subject to hydrolysis) is 1. The smallest absolute Gasteiger partial charge is 0.407 e. The minimum Gasteiger partial charge on any atom is -0.508 e. The van der Waals surface area contributed by atoms with E-state index in [9.17, 15) is 29.1 Å². The molecule has 0 heterocycles. The summed E-state index contributed by atoms with van der Waals surface area (Å²) in [5.74, 6) is -3.73. The first-order valence-electron chi connectivity index (χ1n) is 17.8. The maximum atomic E-state index is 14.1. The summed E-state index contributed by atoms with van der Waals surface area (Å²) in [6, 6.07) is 18.4. The Morgan fingerprint density at radius 3 is 2.13 bits per heavy atom. The molecule has 0 radical (unpaired) electrons. The average molecular weight is 750 g/mol. The van der Waals surface area contributed by atoms with Crippen LogP contribution >= 0.6 is 11.6 Å². The van der Waals surface area contributed by atoms with Gasteiger partial charge in [0.1, 0.15) is 18.0 Å². The van der Waals surface area contributed by atoms with Crippen molar-refractivity contribution >= 4 is 41.3 Å². The number of aromatic hydroxyl groups is 1. The maximum absolute atomic E-state index is 14.1. The third-order valence-electron chi connectivity index (χ3n) is 8.72. The molecule has 2 unspecified atom stereocenters. The lowest BCUT2D eigenvalue weighted by Gasteiger charge is -2.25. The number of phenolic OH excluding ortho intramolecular Hbond substituents is 1. The van der Waals surface area contributed by atoms with Gasteiger partial charge in [-0.05, 0) is 107 Å². The van der Waals surface area contributed by atoms with Crippen LogP contribution in [0.5, 0.6) is 5.75 Å². The molecule has 0 saturated heterocycles. The zero-order valence-electron chi connectivity index (χ0n) is 31.2. The molecule has 0 fully saturated rings. The van der Waals surface area contributed by atoms with E-state index in [4.69, 9.17) is 26.8 Å². The fraction of sp³-hybridized carbons (Fsp3) is 0.439. The van der Waals surface area contributed by atoms with Gasteiger partial charge in [-0.2, -0.15) is 0 Å². The van der Waals surface area contributed by atoms with Gasteiger partial charge in [-0.3, -0.25) is 19.2 Å². The minimum atomic E-state index is -1.00. The number of Topliss-reactive ketones (excluding diaryl/α,β-unsaturated/α-hetero) is 1. The van der Waals surface area contributed by atoms with Crippen LogP contribution in [0.1, 0.15) is 80.7 Å². The first-order chi connectivity index (χ1) is 25.0. The summed E-state index contributed by atoms with van der Waals surface area (Å²) in [6.45, 7) is 9.09. The number of unbranched alkanes of at least 4 members (excludes halogenated alkanes) is 1. The van der Waals surface area contributed by atoms with Crippen molar-refractivity contribution in [2.45, 2.75) is 97.8 Å². The van der Waals surface area contributed by atoms with E-state index in [0.717, 1.165) is 22.3 Å². The van der Waals surface area contributed by atoms with Gasteiger partial charge in [0, 0.05) is 29.5 Å². The van der Waals surface area contributed by atoms with Crippen LogP contribution in [0.4, 0.5) is 4.79 Å². The summed E-state index contributed by atoms with van der Waals surface area (Å²) >= 11 is 6.14. The topological polar surface area (TPSA) is 174 Å². The lowest BCUT2D eigenvalue weighted by molar-refractivity contribution is -0.157. The predicted molar refractivity (Wildman–Crippen MR) is 203 cm³/mol. The van der Waals surface area contributed by atoms with Crippen molar-refractivity contribution in [3.8, 4) is 5.75 Å². The highest BCUT2D eigenvalue weighted by atomic mass is 35.5. The molecular formula is C41H52ClN3O8. The summed E-state index contributed by atoms with van der Waals surface area (Å²) in [4.78, 5) is 65.8. The number of phenols is 1. The number of aryl methyl sites for hydroxylation is 2. The zero-order valence-corrected chi connectivity index (χ0v) is 32.0. The third-order valence-corrected chi connectivity index (χ3v) is 9.09. The number of carbonyl (C=O) groups excluding carboxylic acids is 5. The van der Waals surface area contributed by atoms with E-state index in [1.54, 1.807) is 57.2 Å². The van der Waals surface area contributed by atoms with Crippen LogP contribution in [0.3, 0.4) is 0 Å². The van der Waals surface area contributed by atoms with Crippen LogP contribution in [0.25, 0.3) is 0 Å². The highest BCUT2D eigenvalue weighted by Crippen LogP contribution is 2.26. The lowest BCUT2D eigenvalue weighted by Crippen LogP contribution is -2.46. The molecule has 5 N–H and O–H groups in total. The molecule has 0 spiro atoms. The Morgan fingerprint density at radius 1 is 0.868 bits per heavy atom. The largest absolute Gasteiger partial charge is 0.508 e. The Hall–Kier alpha value is -4.90. The SMILES string of the molecule is Cc1cc(O)cc(C)c1CC(CC(=O)OC(C)(C)C)C(=O)N[C@@H](CCCCNC(=O)OCc1ccccc1Cl)C(=O)CC(Cc1ccccc1)C(N)=O. The molecular weight excluding hydrogens is 698 g/mol. The summed E-state index contributed by atoms with van der Waals surface area (Å²) < 4.78 is 10.8. The molecule has 0 aromatic heterocycles. The molecule has 0 aliphatic heterocycles. The van der Waals surface area contributed by atoms with E-state index in [-0.39, 0.29) is 56.8 Å². The van der Waals surface area contributed by atoms with E-state index in [1.165, 1.54) is 0 Å². The molecule has 12 heteroatoms. The normalized spacial score (nSPS) is 12.9. The number of rotatable bonds is 19. The average Bonchev–Trinajstić information content (AvgIpc) is 3.07. The fourth-order valence-corrected chi connectivity index (χ4v) is 6.21. The maximum Gasteiger partial charge on any atom is 0.407 e. The third kappa shape index (κ3) is 14.9. The van der Waals surface area contributed by atoms with Crippen molar-refractivity contribution in [3.63, 3.8) is 0 Å². The number of nitrogens with two attached hydrogens (primary N) is 1. The molecule has 53 heavy (non-hydrogen) atoms. The van der Waals surface area contributed by atoms with Gasteiger partial charge in [-0.15, -0.1) is 0 Å². The van der Waals surface area contributed by atoms with E-state index in [1.807, 2.05) is 44.2 Å². The Labute approximate surface area is 317 Å². The molecule has 3 aromatic rings.